The van der Waals surface area contributed by atoms with E-state index in [0.717, 1.165) is 25.7 Å². The summed E-state index contributed by atoms with van der Waals surface area (Å²) in [4.78, 5) is 2.59. The quantitative estimate of drug-likeness (QED) is 0.354. The van der Waals surface area contributed by atoms with Crippen LogP contribution in [0.1, 0.15) is 74.8 Å². The number of anilines is 2. The van der Waals surface area contributed by atoms with Gasteiger partial charge in [0.15, 0.2) is 0 Å². The molecule has 1 heteroatoms. The Morgan fingerprint density at radius 2 is 1.46 bits per heavy atom. The molecule has 0 bridgehead atoms. The zero-order chi connectivity index (χ0) is 23.9. The van der Waals surface area contributed by atoms with Crippen LogP contribution in [0, 0.1) is 0 Å². The van der Waals surface area contributed by atoms with Crippen molar-refractivity contribution in [2.75, 3.05) is 4.90 Å². The first-order chi connectivity index (χ1) is 16.9. The molecule has 0 unspecified atom stereocenters. The summed E-state index contributed by atoms with van der Waals surface area (Å²) in [7, 11) is 0. The Balaban J connectivity index is 1.50. The minimum atomic E-state index is -0.0790. The molecule has 0 amide bonds. The van der Waals surface area contributed by atoms with Crippen LogP contribution in [-0.2, 0) is 17.3 Å². The topological polar surface area (TPSA) is 3.24 Å². The van der Waals surface area contributed by atoms with Crippen LogP contribution in [0.4, 0.5) is 11.4 Å². The molecular weight excluding hydrogens is 422 g/mol. The first-order valence-electron chi connectivity index (χ1n) is 13.2. The van der Waals surface area contributed by atoms with E-state index in [2.05, 4.69) is 111 Å². The molecule has 174 valence electrons. The van der Waals surface area contributed by atoms with Crippen molar-refractivity contribution in [3.63, 3.8) is 0 Å². The molecule has 0 radical (unpaired) electrons. The molecular formula is C34H33N. The smallest absolute Gasteiger partial charge is 0.0543 e. The molecule has 0 aromatic heterocycles. The fraction of sp³-hybridized carbons (Fsp3) is 0.294. The van der Waals surface area contributed by atoms with Crippen LogP contribution in [0.15, 0.2) is 84.1 Å². The van der Waals surface area contributed by atoms with Gasteiger partial charge in [0.1, 0.15) is 0 Å². The summed E-state index contributed by atoms with van der Waals surface area (Å²) < 4.78 is 0. The third kappa shape index (κ3) is 2.76. The average molecular weight is 456 g/mol. The number of rotatable bonds is 1. The highest BCUT2D eigenvalue weighted by molar-refractivity contribution is 5.89. The monoisotopic (exact) mass is 455 g/mol. The maximum Gasteiger partial charge on any atom is 0.0543 e. The van der Waals surface area contributed by atoms with Gasteiger partial charge in [-0.15, -0.1) is 0 Å². The van der Waals surface area contributed by atoms with Gasteiger partial charge in [-0.25, -0.2) is 0 Å². The van der Waals surface area contributed by atoms with E-state index in [1.165, 1.54) is 56.0 Å². The summed E-state index contributed by atoms with van der Waals surface area (Å²) in [6.45, 7) is 9.67. The van der Waals surface area contributed by atoms with E-state index in [1.807, 2.05) is 0 Å². The Morgan fingerprint density at radius 1 is 0.714 bits per heavy atom. The van der Waals surface area contributed by atoms with Crippen LogP contribution in [0.25, 0.3) is 17.2 Å². The Kier molecular flexibility index (Phi) is 4.26. The largest absolute Gasteiger partial charge is 0.310 e. The zero-order valence-electron chi connectivity index (χ0n) is 21.3. The number of hydrogen-bond donors (Lipinski definition) is 0. The number of fused-ring (bicyclic) bond motifs is 4. The van der Waals surface area contributed by atoms with Gasteiger partial charge in [-0.05, 0) is 88.4 Å². The summed E-state index contributed by atoms with van der Waals surface area (Å²) in [5.74, 6) is 0. The lowest BCUT2D eigenvalue weighted by molar-refractivity contribution is 0.555. The Labute approximate surface area is 209 Å². The van der Waals surface area contributed by atoms with Gasteiger partial charge in [0.2, 0.25) is 0 Å². The minimum Gasteiger partial charge on any atom is -0.310 e. The van der Waals surface area contributed by atoms with Crippen molar-refractivity contribution in [2.24, 2.45) is 0 Å². The van der Waals surface area contributed by atoms with Gasteiger partial charge in [-0.1, -0.05) is 88.4 Å². The van der Waals surface area contributed by atoms with E-state index >= 15 is 0 Å². The Bertz CT molecular complexity index is 1490. The van der Waals surface area contributed by atoms with Crippen molar-refractivity contribution < 1.29 is 0 Å². The first kappa shape index (κ1) is 21.0. The predicted molar refractivity (Wildman–Crippen MR) is 148 cm³/mol. The Hall–Kier alpha value is -3.32. The van der Waals surface area contributed by atoms with Gasteiger partial charge in [0.25, 0.3) is 0 Å². The second-order valence-electron chi connectivity index (χ2n) is 11.6. The summed E-state index contributed by atoms with van der Waals surface area (Å²) in [6.07, 6.45) is 13.9. The molecule has 0 spiro atoms. The van der Waals surface area contributed by atoms with E-state index < -0.39 is 0 Å². The molecule has 2 aliphatic carbocycles. The molecule has 0 saturated carbocycles. The molecule has 0 saturated heterocycles. The lowest BCUT2D eigenvalue weighted by Gasteiger charge is -2.50. The maximum atomic E-state index is 2.59. The third-order valence-electron chi connectivity index (χ3n) is 9.03. The van der Waals surface area contributed by atoms with E-state index in [4.69, 9.17) is 0 Å². The van der Waals surface area contributed by atoms with Crippen LogP contribution < -0.4 is 4.90 Å². The highest BCUT2D eigenvalue weighted by atomic mass is 15.2. The summed E-state index contributed by atoms with van der Waals surface area (Å²) in [5.41, 5.74) is 15.6. The van der Waals surface area contributed by atoms with Gasteiger partial charge < -0.3 is 4.90 Å². The third-order valence-corrected chi connectivity index (χ3v) is 9.03. The van der Waals surface area contributed by atoms with Gasteiger partial charge in [0, 0.05) is 16.5 Å². The van der Waals surface area contributed by atoms with Crippen LogP contribution in [0.3, 0.4) is 0 Å². The van der Waals surface area contributed by atoms with Gasteiger partial charge in [0.05, 0.1) is 11.4 Å². The fourth-order valence-electron chi connectivity index (χ4n) is 7.08. The number of nitrogens with zero attached hydrogens (tertiary/aromatic N) is 1. The predicted octanol–water partition coefficient (Wildman–Crippen LogP) is 8.99. The molecule has 2 heterocycles. The molecule has 3 aromatic carbocycles. The molecule has 35 heavy (non-hydrogen) atoms. The minimum absolute atomic E-state index is 0.0465. The van der Waals surface area contributed by atoms with Crippen LogP contribution in [0.5, 0.6) is 0 Å². The molecule has 2 aliphatic heterocycles. The van der Waals surface area contributed by atoms with Gasteiger partial charge >= 0.3 is 0 Å². The highest BCUT2D eigenvalue weighted by Gasteiger charge is 2.46. The highest BCUT2D eigenvalue weighted by Crippen LogP contribution is 2.59. The van der Waals surface area contributed by atoms with E-state index in [9.17, 15) is 0 Å². The second-order valence-corrected chi connectivity index (χ2v) is 11.6. The molecule has 7 rings (SSSR count). The van der Waals surface area contributed by atoms with E-state index in [-0.39, 0.29) is 10.8 Å². The summed E-state index contributed by atoms with van der Waals surface area (Å²) in [5, 5.41) is 0. The summed E-state index contributed by atoms with van der Waals surface area (Å²) >= 11 is 0. The normalized spacial score (nSPS) is 20.2. The van der Waals surface area contributed by atoms with Crippen LogP contribution in [0.2, 0.25) is 0 Å². The van der Waals surface area contributed by atoms with Crippen molar-refractivity contribution in [3.05, 3.63) is 112 Å². The molecule has 4 aliphatic rings. The molecule has 1 nitrogen and oxygen atoms in total. The van der Waals surface area contributed by atoms with Crippen molar-refractivity contribution >= 4 is 17.5 Å². The zero-order valence-corrected chi connectivity index (χ0v) is 21.3. The standard InChI is InChI=1S/C34H33N/c1-33(2)26-15-7-8-18-30(26)35-31-20-19-23(25-14-9-12-22-11-5-6-13-24(22)25)21-29(31)34(3,4)28-17-10-16-27(33)32(28)35/h6,8-10,12-14,16-21H,5,7,11,15H2,1-4H3. The van der Waals surface area contributed by atoms with Crippen molar-refractivity contribution in [1.29, 1.82) is 0 Å². The SMILES string of the molecule is CC1(C)C2=C(C=CCC2)N2c3ccc(-c4cccc5c4C=CCC5)cc3C(C)(C)c3cccc1c32. The van der Waals surface area contributed by atoms with Crippen molar-refractivity contribution in [3.8, 4) is 11.1 Å². The number of para-hydroxylation sites is 1. The van der Waals surface area contributed by atoms with E-state index in [0.29, 0.717) is 0 Å². The van der Waals surface area contributed by atoms with Crippen molar-refractivity contribution in [2.45, 2.75) is 64.2 Å². The number of allylic oxidation sites excluding steroid dienone is 4. The van der Waals surface area contributed by atoms with Crippen molar-refractivity contribution in [1.82, 2.24) is 0 Å². The van der Waals surface area contributed by atoms with Gasteiger partial charge in [-0.3, -0.25) is 0 Å². The lowest BCUT2D eigenvalue weighted by atomic mass is 9.65. The number of hydrogen-bond acceptors (Lipinski definition) is 1. The van der Waals surface area contributed by atoms with Crippen LogP contribution in [-0.4, -0.2) is 0 Å². The first-order valence-corrected chi connectivity index (χ1v) is 13.2. The van der Waals surface area contributed by atoms with Crippen LogP contribution >= 0.6 is 0 Å². The molecule has 0 fully saturated rings. The van der Waals surface area contributed by atoms with E-state index in [1.54, 1.807) is 5.57 Å². The average Bonchev–Trinajstić information content (AvgIpc) is 2.88. The maximum absolute atomic E-state index is 2.59. The second kappa shape index (κ2) is 7.10. The summed E-state index contributed by atoms with van der Waals surface area (Å²) in [6, 6.07) is 21.1. The number of benzene rings is 3. The number of aryl methyl sites for hydroxylation is 1. The molecule has 3 aromatic rings. The molecule has 0 atom stereocenters. The lowest BCUT2D eigenvalue weighted by Crippen LogP contribution is -2.40. The van der Waals surface area contributed by atoms with Gasteiger partial charge in [-0.2, -0.15) is 0 Å². The fourth-order valence-corrected chi connectivity index (χ4v) is 7.08. The Morgan fingerprint density at radius 3 is 2.31 bits per heavy atom. The molecule has 0 N–H and O–H groups in total.